The minimum atomic E-state index is 0.829. The predicted octanol–water partition coefficient (Wildman–Crippen LogP) is 4.00. The van der Waals surface area contributed by atoms with Crippen molar-refractivity contribution in [3.8, 4) is 0 Å². The molecule has 0 amide bonds. The van der Waals surface area contributed by atoms with E-state index in [4.69, 9.17) is 11.6 Å². The summed E-state index contributed by atoms with van der Waals surface area (Å²) in [6.45, 7) is 7.03. The van der Waals surface area contributed by atoms with Crippen LogP contribution in [-0.2, 0) is 13.1 Å². The number of nitrogens with one attached hydrogen (secondary N) is 1. The van der Waals surface area contributed by atoms with Crippen LogP contribution >= 0.6 is 11.6 Å². The molecule has 102 valence electrons. The fraction of sp³-hybridized carbons (Fsp3) is 0.375. The van der Waals surface area contributed by atoms with Crippen LogP contribution in [0.1, 0.15) is 30.2 Å². The molecular formula is C16H21ClN2. The summed E-state index contributed by atoms with van der Waals surface area (Å²) in [6, 6.07) is 10.5. The summed E-state index contributed by atoms with van der Waals surface area (Å²) in [5, 5.41) is 4.28. The second-order valence-corrected chi connectivity index (χ2v) is 5.31. The summed E-state index contributed by atoms with van der Waals surface area (Å²) in [5.41, 5.74) is 3.66. The van der Waals surface area contributed by atoms with E-state index >= 15 is 0 Å². The molecule has 3 heteroatoms. The van der Waals surface area contributed by atoms with E-state index in [0.717, 1.165) is 31.1 Å². The zero-order valence-electron chi connectivity index (χ0n) is 11.6. The van der Waals surface area contributed by atoms with Crippen molar-refractivity contribution in [3.63, 3.8) is 0 Å². The SMILES string of the molecule is CCCNCc1cccn1Cc1ccc(C)cc1Cl. The number of halogens is 1. The molecule has 0 spiro atoms. The van der Waals surface area contributed by atoms with Crippen molar-refractivity contribution in [3.05, 3.63) is 58.4 Å². The van der Waals surface area contributed by atoms with Crippen LogP contribution in [0.2, 0.25) is 5.02 Å². The molecule has 0 unspecified atom stereocenters. The highest BCUT2D eigenvalue weighted by atomic mass is 35.5. The lowest BCUT2D eigenvalue weighted by molar-refractivity contribution is 0.630. The first-order chi connectivity index (χ1) is 9.20. The molecule has 0 aliphatic carbocycles. The van der Waals surface area contributed by atoms with E-state index in [9.17, 15) is 0 Å². The van der Waals surface area contributed by atoms with Crippen LogP contribution in [0.3, 0.4) is 0 Å². The van der Waals surface area contributed by atoms with Gasteiger partial charge in [0.25, 0.3) is 0 Å². The Labute approximate surface area is 120 Å². The van der Waals surface area contributed by atoms with Crippen molar-refractivity contribution in [1.82, 2.24) is 9.88 Å². The van der Waals surface area contributed by atoms with E-state index < -0.39 is 0 Å². The van der Waals surface area contributed by atoms with Gasteiger partial charge in [-0.15, -0.1) is 0 Å². The molecule has 0 bridgehead atoms. The van der Waals surface area contributed by atoms with Crippen molar-refractivity contribution in [2.45, 2.75) is 33.4 Å². The first kappa shape index (κ1) is 14.2. The maximum atomic E-state index is 6.30. The molecule has 0 aliphatic rings. The van der Waals surface area contributed by atoms with E-state index in [1.165, 1.54) is 16.8 Å². The maximum absolute atomic E-state index is 6.30. The summed E-state index contributed by atoms with van der Waals surface area (Å²) < 4.78 is 2.25. The first-order valence-corrected chi connectivity index (χ1v) is 7.18. The molecule has 1 aromatic heterocycles. The number of aryl methyl sites for hydroxylation is 1. The highest BCUT2D eigenvalue weighted by Gasteiger charge is 2.05. The summed E-state index contributed by atoms with van der Waals surface area (Å²) in [4.78, 5) is 0. The summed E-state index contributed by atoms with van der Waals surface area (Å²) in [5.74, 6) is 0. The molecule has 19 heavy (non-hydrogen) atoms. The van der Waals surface area contributed by atoms with Crippen molar-refractivity contribution in [2.75, 3.05) is 6.54 Å². The molecule has 0 aliphatic heterocycles. The summed E-state index contributed by atoms with van der Waals surface area (Å²) >= 11 is 6.30. The zero-order chi connectivity index (χ0) is 13.7. The van der Waals surface area contributed by atoms with Gasteiger partial charge < -0.3 is 9.88 Å². The van der Waals surface area contributed by atoms with Crippen LogP contribution in [0.15, 0.2) is 36.5 Å². The molecule has 0 fully saturated rings. The van der Waals surface area contributed by atoms with Crippen LogP contribution < -0.4 is 5.32 Å². The van der Waals surface area contributed by atoms with Crippen LogP contribution in [-0.4, -0.2) is 11.1 Å². The van der Waals surface area contributed by atoms with Crippen molar-refractivity contribution in [2.24, 2.45) is 0 Å². The third-order valence-electron chi connectivity index (χ3n) is 3.21. The molecular weight excluding hydrogens is 256 g/mol. The fourth-order valence-electron chi connectivity index (χ4n) is 2.12. The van der Waals surface area contributed by atoms with Gasteiger partial charge in [-0.1, -0.05) is 30.7 Å². The second-order valence-electron chi connectivity index (χ2n) is 4.90. The molecule has 1 N–H and O–H groups in total. The quantitative estimate of drug-likeness (QED) is 0.789. The van der Waals surface area contributed by atoms with Gasteiger partial charge in [-0.3, -0.25) is 0 Å². The molecule has 2 nitrogen and oxygen atoms in total. The number of hydrogen-bond acceptors (Lipinski definition) is 1. The van der Waals surface area contributed by atoms with Gasteiger partial charge in [0, 0.05) is 30.0 Å². The molecule has 0 saturated heterocycles. The molecule has 2 rings (SSSR count). The normalized spacial score (nSPS) is 10.9. The summed E-state index contributed by atoms with van der Waals surface area (Å²) in [6.07, 6.45) is 3.27. The standard InChI is InChI=1S/C16H21ClN2/c1-3-8-18-11-15-5-4-9-19(15)12-14-7-6-13(2)10-16(14)17/h4-7,9-10,18H,3,8,11-12H2,1-2H3. The van der Waals surface area contributed by atoms with Crippen LogP contribution in [0.5, 0.6) is 0 Å². The van der Waals surface area contributed by atoms with E-state index in [1.807, 2.05) is 6.07 Å². The van der Waals surface area contributed by atoms with Crippen LogP contribution in [0, 0.1) is 6.92 Å². The van der Waals surface area contributed by atoms with Gasteiger partial charge in [0.2, 0.25) is 0 Å². The number of nitrogens with zero attached hydrogens (tertiary/aromatic N) is 1. The average molecular weight is 277 g/mol. The smallest absolute Gasteiger partial charge is 0.0488 e. The Kier molecular flexibility index (Phi) is 5.06. The number of hydrogen-bond donors (Lipinski definition) is 1. The van der Waals surface area contributed by atoms with Crippen LogP contribution in [0.4, 0.5) is 0 Å². The molecule has 0 saturated carbocycles. The maximum Gasteiger partial charge on any atom is 0.0488 e. The molecule has 2 aromatic rings. The predicted molar refractivity (Wildman–Crippen MR) is 81.7 cm³/mol. The first-order valence-electron chi connectivity index (χ1n) is 6.80. The van der Waals surface area contributed by atoms with E-state index in [2.05, 4.69) is 54.2 Å². The van der Waals surface area contributed by atoms with Crippen LogP contribution in [0.25, 0.3) is 0 Å². The van der Waals surface area contributed by atoms with Gasteiger partial charge in [-0.05, 0) is 49.2 Å². The Balaban J connectivity index is 2.08. The largest absolute Gasteiger partial charge is 0.346 e. The molecule has 1 aromatic carbocycles. The Morgan fingerprint density at radius 2 is 2.11 bits per heavy atom. The average Bonchev–Trinajstić information content (AvgIpc) is 2.81. The van der Waals surface area contributed by atoms with Gasteiger partial charge in [0.05, 0.1) is 0 Å². The van der Waals surface area contributed by atoms with E-state index in [0.29, 0.717) is 0 Å². The zero-order valence-corrected chi connectivity index (χ0v) is 12.4. The lowest BCUT2D eigenvalue weighted by Crippen LogP contribution is -2.17. The minimum Gasteiger partial charge on any atom is -0.346 e. The van der Waals surface area contributed by atoms with Crippen molar-refractivity contribution >= 4 is 11.6 Å². The molecule has 0 atom stereocenters. The monoisotopic (exact) mass is 276 g/mol. The fourth-order valence-corrected chi connectivity index (χ4v) is 2.42. The Morgan fingerprint density at radius 1 is 1.26 bits per heavy atom. The number of aromatic nitrogens is 1. The minimum absolute atomic E-state index is 0.829. The lowest BCUT2D eigenvalue weighted by Gasteiger charge is -2.11. The highest BCUT2D eigenvalue weighted by Crippen LogP contribution is 2.19. The third kappa shape index (κ3) is 3.85. The molecule has 1 heterocycles. The number of rotatable bonds is 6. The Morgan fingerprint density at radius 3 is 2.84 bits per heavy atom. The van der Waals surface area contributed by atoms with E-state index in [-0.39, 0.29) is 0 Å². The van der Waals surface area contributed by atoms with E-state index in [1.54, 1.807) is 0 Å². The second kappa shape index (κ2) is 6.78. The van der Waals surface area contributed by atoms with Gasteiger partial charge in [0.1, 0.15) is 0 Å². The van der Waals surface area contributed by atoms with Crippen molar-refractivity contribution in [1.29, 1.82) is 0 Å². The number of benzene rings is 1. The van der Waals surface area contributed by atoms with Gasteiger partial charge >= 0.3 is 0 Å². The molecule has 0 radical (unpaired) electrons. The summed E-state index contributed by atoms with van der Waals surface area (Å²) in [7, 11) is 0. The topological polar surface area (TPSA) is 17.0 Å². The lowest BCUT2D eigenvalue weighted by atomic mass is 10.1. The third-order valence-corrected chi connectivity index (χ3v) is 3.56. The Bertz CT molecular complexity index is 531. The van der Waals surface area contributed by atoms with Gasteiger partial charge in [-0.25, -0.2) is 0 Å². The van der Waals surface area contributed by atoms with Gasteiger partial charge in [-0.2, -0.15) is 0 Å². The van der Waals surface area contributed by atoms with Gasteiger partial charge in [0.15, 0.2) is 0 Å². The van der Waals surface area contributed by atoms with Crippen molar-refractivity contribution < 1.29 is 0 Å². The Hall–Kier alpha value is -1.25. The highest BCUT2D eigenvalue weighted by molar-refractivity contribution is 6.31.